The van der Waals surface area contributed by atoms with Crippen molar-refractivity contribution in [3.8, 4) is 0 Å². The van der Waals surface area contributed by atoms with Gasteiger partial charge in [0.25, 0.3) is 0 Å². The fourth-order valence-corrected chi connectivity index (χ4v) is 1.03. The third-order valence-electron chi connectivity index (χ3n) is 1.66. The average molecular weight is 166 g/mol. The predicted octanol–water partition coefficient (Wildman–Crippen LogP) is 1.58. The first-order valence-corrected chi connectivity index (χ1v) is 3.97. The van der Waals surface area contributed by atoms with Gasteiger partial charge in [-0.15, -0.1) is 0 Å². The first kappa shape index (κ1) is 10.4. The lowest BCUT2D eigenvalue weighted by Crippen LogP contribution is -1.81. The van der Waals surface area contributed by atoms with Crippen LogP contribution >= 0.6 is 0 Å². The number of rotatable bonds is 3. The zero-order valence-electron chi connectivity index (χ0n) is 6.51. The van der Waals surface area contributed by atoms with Gasteiger partial charge in [0.2, 0.25) is 0 Å². The number of aryl methyl sites for hydroxylation is 1. The standard InChI is InChI=1S/C10H14.H4Si/c1-2-3-7-10-8-5-4-6-9-10;/h4-6,8-9H,2-3,7H2,1H3;1H4. The first-order valence-electron chi connectivity index (χ1n) is 3.97. The molecule has 0 saturated heterocycles. The molecule has 1 heteroatoms. The summed E-state index contributed by atoms with van der Waals surface area (Å²) in [4.78, 5) is 0. The van der Waals surface area contributed by atoms with Crippen molar-refractivity contribution in [2.24, 2.45) is 0 Å². The molecule has 1 aromatic carbocycles. The van der Waals surface area contributed by atoms with Crippen LogP contribution in [0.4, 0.5) is 0 Å². The van der Waals surface area contributed by atoms with E-state index in [1.54, 1.807) is 0 Å². The Bertz CT molecular complexity index is 169. The van der Waals surface area contributed by atoms with Gasteiger partial charge in [-0.05, 0) is 29.4 Å². The number of hydrogen-bond acceptors (Lipinski definition) is 0. The predicted molar refractivity (Wildman–Crippen MR) is 56.4 cm³/mol. The molecule has 0 aromatic heterocycles. The summed E-state index contributed by atoms with van der Waals surface area (Å²) in [5.74, 6) is 0. The van der Waals surface area contributed by atoms with Crippen LogP contribution in [0.15, 0.2) is 30.3 Å². The Kier molecular flexibility index (Phi) is 5.85. The van der Waals surface area contributed by atoms with Crippen LogP contribution < -0.4 is 0 Å². The van der Waals surface area contributed by atoms with E-state index in [2.05, 4.69) is 37.3 Å². The molecule has 0 bridgehead atoms. The Morgan fingerprint density at radius 1 is 1.09 bits per heavy atom. The molecule has 0 heterocycles. The second-order valence-electron chi connectivity index (χ2n) is 2.59. The molecule has 0 aliphatic heterocycles. The van der Waals surface area contributed by atoms with Gasteiger partial charge in [0.15, 0.2) is 0 Å². The lowest BCUT2D eigenvalue weighted by molar-refractivity contribution is 0.795. The molecular formula is C10H18Si. The smallest absolute Gasteiger partial charge is 0.0149 e. The van der Waals surface area contributed by atoms with Gasteiger partial charge in [-0.2, -0.15) is 0 Å². The molecule has 0 aliphatic carbocycles. The zero-order valence-corrected chi connectivity index (χ0v) is 6.51. The Morgan fingerprint density at radius 3 is 2.27 bits per heavy atom. The lowest BCUT2D eigenvalue weighted by atomic mass is 10.1. The van der Waals surface area contributed by atoms with Gasteiger partial charge in [0.1, 0.15) is 0 Å². The largest absolute Gasteiger partial charge is 0.0654 e. The van der Waals surface area contributed by atoms with Crippen LogP contribution in [0.1, 0.15) is 25.3 Å². The van der Waals surface area contributed by atoms with E-state index in [4.69, 9.17) is 0 Å². The highest BCUT2D eigenvalue weighted by Gasteiger charge is 1.87. The fraction of sp³-hybridized carbons (Fsp3) is 0.400. The molecule has 0 spiro atoms. The van der Waals surface area contributed by atoms with Gasteiger partial charge in [0, 0.05) is 0 Å². The number of benzene rings is 1. The van der Waals surface area contributed by atoms with Crippen LogP contribution in [0, 0.1) is 0 Å². The van der Waals surface area contributed by atoms with Gasteiger partial charge >= 0.3 is 0 Å². The van der Waals surface area contributed by atoms with Gasteiger partial charge < -0.3 is 0 Å². The Labute approximate surface area is 73.7 Å². The molecule has 0 radical (unpaired) electrons. The molecule has 62 valence electrons. The van der Waals surface area contributed by atoms with Gasteiger partial charge in [-0.1, -0.05) is 43.7 Å². The average Bonchev–Trinajstić information content (AvgIpc) is 2.03. The third kappa shape index (κ3) is 3.99. The van der Waals surface area contributed by atoms with Gasteiger partial charge in [0.05, 0.1) is 0 Å². The van der Waals surface area contributed by atoms with Gasteiger partial charge in [-0.25, -0.2) is 0 Å². The van der Waals surface area contributed by atoms with Crippen molar-refractivity contribution in [3.63, 3.8) is 0 Å². The fourth-order valence-electron chi connectivity index (χ4n) is 1.03. The summed E-state index contributed by atoms with van der Waals surface area (Å²) in [5.41, 5.74) is 1.46. The molecule has 1 rings (SSSR count). The third-order valence-corrected chi connectivity index (χ3v) is 1.66. The summed E-state index contributed by atoms with van der Waals surface area (Å²) in [6.07, 6.45) is 3.83. The van der Waals surface area contributed by atoms with Crippen LogP contribution in [0.2, 0.25) is 0 Å². The second-order valence-corrected chi connectivity index (χ2v) is 2.59. The SMILES string of the molecule is CCCCc1ccccc1.[SiH4]. The van der Waals surface area contributed by atoms with E-state index >= 15 is 0 Å². The summed E-state index contributed by atoms with van der Waals surface area (Å²) in [6.45, 7) is 2.23. The minimum atomic E-state index is 0. The van der Waals surface area contributed by atoms with Crippen molar-refractivity contribution in [1.29, 1.82) is 0 Å². The van der Waals surface area contributed by atoms with Crippen LogP contribution in [0.5, 0.6) is 0 Å². The van der Waals surface area contributed by atoms with E-state index in [-0.39, 0.29) is 11.0 Å². The van der Waals surface area contributed by atoms with Crippen LogP contribution in [-0.2, 0) is 6.42 Å². The maximum atomic E-state index is 2.23. The van der Waals surface area contributed by atoms with Crippen LogP contribution in [0.25, 0.3) is 0 Å². The van der Waals surface area contributed by atoms with E-state index in [1.807, 2.05) is 0 Å². The van der Waals surface area contributed by atoms with E-state index in [9.17, 15) is 0 Å². The second kappa shape index (κ2) is 6.17. The Morgan fingerprint density at radius 2 is 1.73 bits per heavy atom. The molecule has 0 unspecified atom stereocenters. The number of hydrogen-bond donors (Lipinski definition) is 0. The van der Waals surface area contributed by atoms with Gasteiger partial charge in [-0.3, -0.25) is 0 Å². The summed E-state index contributed by atoms with van der Waals surface area (Å²) in [7, 11) is 0. The van der Waals surface area contributed by atoms with E-state index in [0.717, 1.165) is 0 Å². The molecule has 0 N–H and O–H groups in total. The minimum Gasteiger partial charge on any atom is -0.0654 e. The first-order chi connectivity index (χ1) is 4.93. The van der Waals surface area contributed by atoms with E-state index in [0.29, 0.717) is 0 Å². The highest BCUT2D eigenvalue weighted by Crippen LogP contribution is 2.03. The topological polar surface area (TPSA) is 0 Å². The van der Waals surface area contributed by atoms with Crippen molar-refractivity contribution in [1.82, 2.24) is 0 Å². The monoisotopic (exact) mass is 166 g/mol. The Hall–Kier alpha value is -0.563. The quantitative estimate of drug-likeness (QED) is 0.598. The maximum absolute atomic E-state index is 2.23. The van der Waals surface area contributed by atoms with Crippen molar-refractivity contribution in [2.75, 3.05) is 0 Å². The molecular weight excluding hydrogens is 148 g/mol. The zero-order chi connectivity index (χ0) is 7.23. The van der Waals surface area contributed by atoms with Crippen molar-refractivity contribution < 1.29 is 0 Å². The normalized spacial score (nSPS) is 8.82. The molecule has 11 heavy (non-hydrogen) atoms. The van der Waals surface area contributed by atoms with Crippen molar-refractivity contribution in [3.05, 3.63) is 35.9 Å². The minimum absolute atomic E-state index is 0. The maximum Gasteiger partial charge on any atom is -0.0149 e. The summed E-state index contributed by atoms with van der Waals surface area (Å²) >= 11 is 0. The molecule has 0 nitrogen and oxygen atoms in total. The molecule has 0 fully saturated rings. The van der Waals surface area contributed by atoms with Crippen LogP contribution in [-0.4, -0.2) is 11.0 Å². The Balaban J connectivity index is 0.000001000. The summed E-state index contributed by atoms with van der Waals surface area (Å²) in [5, 5.41) is 0. The van der Waals surface area contributed by atoms with Crippen LogP contribution in [0.3, 0.4) is 0 Å². The van der Waals surface area contributed by atoms with Crippen molar-refractivity contribution in [2.45, 2.75) is 26.2 Å². The van der Waals surface area contributed by atoms with E-state index < -0.39 is 0 Å². The summed E-state index contributed by atoms with van der Waals surface area (Å²) < 4.78 is 0. The lowest BCUT2D eigenvalue weighted by Gasteiger charge is -1.96. The molecule has 0 saturated carbocycles. The molecule has 0 amide bonds. The highest BCUT2D eigenvalue weighted by atomic mass is 28.1. The number of unbranched alkanes of at least 4 members (excludes halogenated alkanes) is 1. The molecule has 0 aliphatic rings. The highest BCUT2D eigenvalue weighted by molar-refractivity contribution is 5.75. The van der Waals surface area contributed by atoms with Crippen molar-refractivity contribution >= 4 is 11.0 Å². The van der Waals surface area contributed by atoms with E-state index in [1.165, 1.54) is 24.8 Å². The summed E-state index contributed by atoms with van der Waals surface area (Å²) in [6, 6.07) is 10.6. The molecule has 1 aromatic rings. The molecule has 0 atom stereocenters.